The number of anilines is 2. The van der Waals surface area contributed by atoms with Gasteiger partial charge in [-0.3, -0.25) is 4.79 Å². The summed E-state index contributed by atoms with van der Waals surface area (Å²) in [4.78, 5) is 31.3. The van der Waals surface area contributed by atoms with Crippen LogP contribution in [0.5, 0.6) is 5.75 Å². The Labute approximate surface area is 214 Å². The number of carbonyl (C=O) groups is 2. The molecule has 0 aromatic heterocycles. The molecule has 0 spiro atoms. The molecular weight excluding hydrogens is 481 g/mol. The zero-order chi connectivity index (χ0) is 25.7. The summed E-state index contributed by atoms with van der Waals surface area (Å²) in [5.74, 6) is 0.245. The molecule has 36 heavy (non-hydrogen) atoms. The van der Waals surface area contributed by atoms with E-state index in [0.717, 1.165) is 16.1 Å². The smallest absolute Gasteiger partial charge is 0.443 e. The van der Waals surface area contributed by atoms with Crippen LogP contribution in [0.4, 0.5) is 20.7 Å². The summed E-state index contributed by atoms with van der Waals surface area (Å²) in [6.07, 6.45) is -2.52. The Balaban J connectivity index is 1.74. The molecule has 0 radical (unpaired) electrons. The summed E-state index contributed by atoms with van der Waals surface area (Å²) >= 11 is 1.41. The second-order valence-corrected chi connectivity index (χ2v) is 9.68. The molecule has 1 aliphatic rings. The Hall–Kier alpha value is -3.56. The molecule has 0 fully saturated rings. The summed E-state index contributed by atoms with van der Waals surface area (Å²) in [5, 5.41) is -0.687. The number of ether oxygens (including phenoxy) is 2. The monoisotopic (exact) mass is 509 g/mol. The molecule has 0 saturated carbocycles. The average Bonchev–Trinajstić information content (AvgIpc) is 3.02. The first kappa shape index (κ1) is 25.5. The van der Waals surface area contributed by atoms with Gasteiger partial charge >= 0.3 is 6.09 Å². The van der Waals surface area contributed by atoms with Gasteiger partial charge in [-0.1, -0.05) is 46.9 Å². The molecule has 4 rings (SSSR count). The van der Waals surface area contributed by atoms with E-state index in [0.29, 0.717) is 18.8 Å². The lowest BCUT2D eigenvalue weighted by molar-refractivity contribution is -0.126. The zero-order valence-electron chi connectivity index (χ0n) is 20.3. The van der Waals surface area contributed by atoms with E-state index in [9.17, 15) is 14.1 Å². The zero-order valence-corrected chi connectivity index (χ0v) is 21.2. The van der Waals surface area contributed by atoms with Crippen molar-refractivity contribution in [1.82, 2.24) is 4.90 Å². The van der Waals surface area contributed by atoms with E-state index in [-0.39, 0.29) is 10.8 Å². The summed E-state index contributed by atoms with van der Waals surface area (Å²) in [7, 11) is 5.41. The number of fused-ring (bicyclic) bond motifs is 1. The van der Waals surface area contributed by atoms with Crippen molar-refractivity contribution in [2.24, 2.45) is 0 Å². The van der Waals surface area contributed by atoms with Crippen LogP contribution in [0.3, 0.4) is 0 Å². The highest BCUT2D eigenvalue weighted by atomic mass is 32.2. The van der Waals surface area contributed by atoms with Crippen LogP contribution < -0.4 is 14.8 Å². The second-order valence-electron chi connectivity index (χ2n) is 8.49. The third-order valence-electron chi connectivity index (χ3n) is 5.78. The topological polar surface area (TPSA) is 62.3 Å². The quantitative estimate of drug-likeness (QED) is 0.401. The number of likely N-dealkylation sites (N-methyl/N-ethyl adjacent to an activating group) is 1. The van der Waals surface area contributed by atoms with Crippen molar-refractivity contribution in [1.29, 1.82) is 0 Å². The summed E-state index contributed by atoms with van der Waals surface area (Å²) in [5.41, 5.74) is 1.50. The van der Waals surface area contributed by atoms with Gasteiger partial charge in [0, 0.05) is 18.0 Å². The highest BCUT2D eigenvalue weighted by Crippen LogP contribution is 2.47. The number of amides is 2. The summed E-state index contributed by atoms with van der Waals surface area (Å²) in [6, 6.07) is 22.6. The Kier molecular flexibility index (Phi) is 8.12. The number of halogens is 1. The van der Waals surface area contributed by atoms with Crippen LogP contribution >= 0.6 is 11.8 Å². The fourth-order valence-electron chi connectivity index (χ4n) is 3.88. The summed E-state index contributed by atoms with van der Waals surface area (Å²) in [6.45, 7) is 0.975. The molecule has 3 aromatic rings. The summed E-state index contributed by atoms with van der Waals surface area (Å²) < 4.78 is 25.9. The molecule has 0 aliphatic carbocycles. The van der Waals surface area contributed by atoms with Crippen molar-refractivity contribution in [2.45, 2.75) is 16.2 Å². The Bertz CT molecular complexity index is 1190. The third-order valence-corrected chi connectivity index (χ3v) is 7.15. The molecule has 0 bridgehead atoms. The molecule has 188 valence electrons. The minimum Gasteiger partial charge on any atom is -0.497 e. The van der Waals surface area contributed by atoms with Gasteiger partial charge < -0.3 is 19.3 Å². The lowest BCUT2D eigenvalue weighted by atomic mass is 10.1. The minimum absolute atomic E-state index is 0.0185. The van der Waals surface area contributed by atoms with Crippen LogP contribution in [0.25, 0.3) is 0 Å². The van der Waals surface area contributed by atoms with E-state index >= 15 is 0 Å². The molecule has 0 N–H and O–H groups in total. The number of hydrogen-bond donors (Lipinski definition) is 0. The number of benzene rings is 3. The maximum Gasteiger partial charge on any atom is 0.443 e. The van der Waals surface area contributed by atoms with Gasteiger partial charge in [0.15, 0.2) is 6.10 Å². The van der Waals surface area contributed by atoms with Crippen LogP contribution in [0.15, 0.2) is 83.8 Å². The van der Waals surface area contributed by atoms with Crippen LogP contribution in [-0.2, 0) is 9.53 Å². The highest BCUT2D eigenvalue weighted by molar-refractivity contribution is 7.99. The van der Waals surface area contributed by atoms with Crippen LogP contribution in [0, 0.1) is 0 Å². The van der Waals surface area contributed by atoms with E-state index in [1.54, 1.807) is 42.3 Å². The first-order valence-electron chi connectivity index (χ1n) is 11.5. The number of thioether (sulfide) groups is 1. The van der Waals surface area contributed by atoms with Crippen LogP contribution in [0.1, 0.15) is 10.8 Å². The predicted octanol–water partition coefficient (Wildman–Crippen LogP) is 5.33. The fourth-order valence-corrected chi connectivity index (χ4v) is 5.20. The van der Waals surface area contributed by atoms with E-state index in [1.807, 2.05) is 55.4 Å². The lowest BCUT2D eigenvalue weighted by Crippen LogP contribution is -2.46. The molecule has 2 atom stereocenters. The molecule has 3 aromatic carbocycles. The molecule has 0 saturated heterocycles. The Morgan fingerprint density at radius 3 is 2.33 bits per heavy atom. The number of para-hydroxylation sites is 2. The van der Waals surface area contributed by atoms with Crippen molar-refractivity contribution >= 4 is 35.1 Å². The molecule has 9 heteroatoms. The number of carbonyl (C=O) groups excluding carboxylic acids is 2. The molecule has 2 unspecified atom stereocenters. The van der Waals surface area contributed by atoms with Gasteiger partial charge in [-0.25, -0.2) is 4.79 Å². The van der Waals surface area contributed by atoms with Gasteiger partial charge in [-0.05, 0) is 56.1 Å². The molecule has 1 aliphatic heterocycles. The van der Waals surface area contributed by atoms with Gasteiger partial charge in [0.1, 0.15) is 5.75 Å². The van der Waals surface area contributed by atoms with Gasteiger partial charge in [0.25, 0.3) is 5.91 Å². The third kappa shape index (κ3) is 5.63. The largest absolute Gasteiger partial charge is 0.497 e. The number of methoxy groups -OCH3 is 1. The predicted molar refractivity (Wildman–Crippen MR) is 139 cm³/mol. The number of rotatable bonds is 7. The van der Waals surface area contributed by atoms with Crippen LogP contribution in [0.2, 0.25) is 0 Å². The van der Waals surface area contributed by atoms with E-state index in [4.69, 9.17) is 9.47 Å². The maximum absolute atomic E-state index is 15.0. The number of hydrogen-bond acceptors (Lipinski definition) is 6. The Morgan fingerprint density at radius 2 is 1.67 bits per heavy atom. The van der Waals surface area contributed by atoms with E-state index in [1.165, 1.54) is 23.9 Å². The molecule has 7 nitrogen and oxygen atoms in total. The van der Waals surface area contributed by atoms with E-state index < -0.39 is 23.4 Å². The Morgan fingerprint density at radius 1 is 1.00 bits per heavy atom. The fraction of sp³-hybridized carbons (Fsp3) is 0.259. The van der Waals surface area contributed by atoms with E-state index in [2.05, 4.69) is 0 Å². The SMILES string of the molecule is COc1ccc(C2Sc3ccccc3N(CCN(C)C)C(=O)C2OC(=O)N(F)c2ccccc2)cc1. The first-order chi connectivity index (χ1) is 17.4. The standard InChI is InChI=1S/C27H28FN3O4S/c1-29(2)17-18-30-22-11-7-8-12-23(22)36-25(19-13-15-21(34-3)16-14-19)24(26(30)32)35-27(33)31(28)20-9-5-4-6-10-20/h4-16,24-25H,17-18H2,1-3H3. The maximum atomic E-state index is 15.0. The van der Waals surface area contributed by atoms with Crippen molar-refractivity contribution in [3.63, 3.8) is 0 Å². The van der Waals surface area contributed by atoms with Gasteiger partial charge in [-0.2, -0.15) is 0 Å². The minimum atomic E-state index is -1.27. The van der Waals surface area contributed by atoms with Crippen molar-refractivity contribution in [3.8, 4) is 5.75 Å². The van der Waals surface area contributed by atoms with Crippen molar-refractivity contribution in [2.75, 3.05) is 44.3 Å². The van der Waals surface area contributed by atoms with Gasteiger partial charge in [-0.15, -0.1) is 16.9 Å². The highest BCUT2D eigenvalue weighted by Gasteiger charge is 2.42. The van der Waals surface area contributed by atoms with Gasteiger partial charge in [0.05, 0.1) is 23.7 Å². The molecular formula is C27H28FN3O4S. The van der Waals surface area contributed by atoms with Crippen molar-refractivity contribution < 1.29 is 23.5 Å². The molecule has 2 amide bonds. The average molecular weight is 510 g/mol. The number of nitrogens with zero attached hydrogens (tertiary/aromatic N) is 3. The van der Waals surface area contributed by atoms with Crippen molar-refractivity contribution in [3.05, 3.63) is 84.4 Å². The molecule has 1 heterocycles. The second kappa shape index (κ2) is 11.5. The normalized spacial score (nSPS) is 17.4. The van der Waals surface area contributed by atoms with Crippen LogP contribution in [-0.4, -0.2) is 57.3 Å². The first-order valence-corrected chi connectivity index (χ1v) is 12.3. The van der Waals surface area contributed by atoms with Gasteiger partial charge in [0.2, 0.25) is 0 Å². The lowest BCUT2D eigenvalue weighted by Gasteiger charge is -2.29.